The average molecular weight is 185 g/mol. The minimum Gasteiger partial charge on any atom is -0.393 e. The number of hydrogen-bond donors (Lipinski definition) is 1. The lowest BCUT2D eigenvalue weighted by Gasteiger charge is -2.24. The van der Waals surface area contributed by atoms with Gasteiger partial charge in [-0.3, -0.25) is 4.79 Å². The minimum absolute atomic E-state index is 0.250. The number of aliphatic hydroxyl groups is 1. The first-order valence-corrected chi connectivity index (χ1v) is 5.09. The zero-order valence-electron chi connectivity index (χ0n) is 8.49. The molecule has 0 aliphatic carbocycles. The van der Waals surface area contributed by atoms with Crippen molar-refractivity contribution in [1.29, 1.82) is 0 Å². The maximum atomic E-state index is 11.3. The lowest BCUT2D eigenvalue weighted by Crippen LogP contribution is -2.34. The SMILES string of the molecule is CC(O)CCC(C)N1CCCC1=O. The Morgan fingerprint density at radius 2 is 2.15 bits per heavy atom. The van der Waals surface area contributed by atoms with Gasteiger partial charge in [-0.1, -0.05) is 0 Å². The van der Waals surface area contributed by atoms with Crippen molar-refractivity contribution in [3.05, 3.63) is 0 Å². The van der Waals surface area contributed by atoms with Crippen molar-refractivity contribution < 1.29 is 9.90 Å². The van der Waals surface area contributed by atoms with Gasteiger partial charge in [0.25, 0.3) is 0 Å². The van der Waals surface area contributed by atoms with Crippen LogP contribution < -0.4 is 0 Å². The zero-order valence-corrected chi connectivity index (χ0v) is 8.49. The van der Waals surface area contributed by atoms with Crippen molar-refractivity contribution in [2.75, 3.05) is 6.54 Å². The van der Waals surface area contributed by atoms with E-state index in [0.29, 0.717) is 12.5 Å². The van der Waals surface area contributed by atoms with Gasteiger partial charge < -0.3 is 10.0 Å². The normalized spacial score (nSPS) is 22.1. The molecule has 0 radical (unpaired) electrons. The highest BCUT2D eigenvalue weighted by molar-refractivity contribution is 5.78. The molecule has 0 saturated carbocycles. The molecule has 1 fully saturated rings. The topological polar surface area (TPSA) is 40.5 Å². The van der Waals surface area contributed by atoms with Gasteiger partial charge in [-0.15, -0.1) is 0 Å². The van der Waals surface area contributed by atoms with Crippen molar-refractivity contribution in [3.8, 4) is 0 Å². The van der Waals surface area contributed by atoms with E-state index in [1.165, 1.54) is 0 Å². The number of likely N-dealkylation sites (tertiary alicyclic amines) is 1. The van der Waals surface area contributed by atoms with Crippen LogP contribution in [0.3, 0.4) is 0 Å². The summed E-state index contributed by atoms with van der Waals surface area (Å²) in [5, 5.41) is 9.11. The Bertz CT molecular complexity index is 180. The van der Waals surface area contributed by atoms with E-state index in [1.807, 2.05) is 4.90 Å². The van der Waals surface area contributed by atoms with E-state index in [9.17, 15) is 4.79 Å². The quantitative estimate of drug-likeness (QED) is 0.714. The van der Waals surface area contributed by atoms with Crippen LogP contribution in [0.2, 0.25) is 0 Å². The molecule has 3 heteroatoms. The van der Waals surface area contributed by atoms with Gasteiger partial charge in [-0.05, 0) is 33.1 Å². The highest BCUT2D eigenvalue weighted by atomic mass is 16.3. The molecule has 0 aromatic rings. The van der Waals surface area contributed by atoms with Crippen LogP contribution in [0, 0.1) is 0 Å². The van der Waals surface area contributed by atoms with E-state index in [0.717, 1.165) is 25.8 Å². The largest absolute Gasteiger partial charge is 0.393 e. The molecule has 1 N–H and O–H groups in total. The molecule has 1 aliphatic rings. The van der Waals surface area contributed by atoms with Crippen LogP contribution in [-0.4, -0.2) is 34.6 Å². The molecule has 2 unspecified atom stereocenters. The summed E-state index contributed by atoms with van der Waals surface area (Å²) in [7, 11) is 0. The first-order valence-electron chi connectivity index (χ1n) is 5.09. The first-order chi connectivity index (χ1) is 6.11. The first kappa shape index (κ1) is 10.5. The highest BCUT2D eigenvalue weighted by Crippen LogP contribution is 2.16. The fraction of sp³-hybridized carbons (Fsp3) is 0.900. The Morgan fingerprint density at radius 1 is 1.46 bits per heavy atom. The second-order valence-electron chi connectivity index (χ2n) is 3.97. The third-order valence-corrected chi connectivity index (χ3v) is 2.64. The van der Waals surface area contributed by atoms with Crippen molar-refractivity contribution in [2.45, 2.75) is 51.7 Å². The summed E-state index contributed by atoms with van der Waals surface area (Å²) in [5.74, 6) is 0.276. The molecule has 1 rings (SSSR count). The Kier molecular flexibility index (Phi) is 3.72. The number of carbonyl (C=O) groups is 1. The Labute approximate surface area is 79.7 Å². The monoisotopic (exact) mass is 185 g/mol. The molecular formula is C10H19NO2. The second-order valence-corrected chi connectivity index (χ2v) is 3.97. The van der Waals surface area contributed by atoms with E-state index < -0.39 is 0 Å². The molecule has 0 aromatic heterocycles. The van der Waals surface area contributed by atoms with Gasteiger partial charge in [0.15, 0.2) is 0 Å². The fourth-order valence-corrected chi connectivity index (χ4v) is 1.77. The van der Waals surface area contributed by atoms with Crippen LogP contribution in [0.15, 0.2) is 0 Å². The number of nitrogens with zero attached hydrogens (tertiary/aromatic N) is 1. The van der Waals surface area contributed by atoms with Gasteiger partial charge in [-0.25, -0.2) is 0 Å². The van der Waals surface area contributed by atoms with Gasteiger partial charge >= 0.3 is 0 Å². The summed E-state index contributed by atoms with van der Waals surface area (Å²) in [5.41, 5.74) is 0. The van der Waals surface area contributed by atoms with Crippen LogP contribution >= 0.6 is 0 Å². The number of rotatable bonds is 4. The molecule has 1 amide bonds. The molecule has 76 valence electrons. The Balaban J connectivity index is 2.30. The maximum Gasteiger partial charge on any atom is 0.222 e. The third kappa shape index (κ3) is 2.99. The molecule has 3 nitrogen and oxygen atoms in total. The smallest absolute Gasteiger partial charge is 0.222 e. The van der Waals surface area contributed by atoms with Gasteiger partial charge in [0, 0.05) is 19.0 Å². The lowest BCUT2D eigenvalue weighted by atomic mass is 10.1. The summed E-state index contributed by atoms with van der Waals surface area (Å²) >= 11 is 0. The van der Waals surface area contributed by atoms with Crippen molar-refractivity contribution in [3.63, 3.8) is 0 Å². The molecule has 0 bridgehead atoms. The molecule has 0 spiro atoms. The molecule has 13 heavy (non-hydrogen) atoms. The molecular weight excluding hydrogens is 166 g/mol. The average Bonchev–Trinajstić information content (AvgIpc) is 2.47. The molecule has 2 atom stereocenters. The van der Waals surface area contributed by atoms with Gasteiger partial charge in [-0.2, -0.15) is 0 Å². The third-order valence-electron chi connectivity index (χ3n) is 2.64. The minimum atomic E-state index is -0.250. The molecule has 1 aliphatic heterocycles. The fourth-order valence-electron chi connectivity index (χ4n) is 1.77. The number of amides is 1. The van der Waals surface area contributed by atoms with Crippen molar-refractivity contribution >= 4 is 5.91 Å². The summed E-state index contributed by atoms with van der Waals surface area (Å²) in [6.07, 6.45) is 3.14. The highest BCUT2D eigenvalue weighted by Gasteiger charge is 2.24. The van der Waals surface area contributed by atoms with E-state index in [2.05, 4.69) is 6.92 Å². The summed E-state index contributed by atoms with van der Waals surface area (Å²) < 4.78 is 0. The lowest BCUT2D eigenvalue weighted by molar-refractivity contribution is -0.129. The summed E-state index contributed by atoms with van der Waals surface area (Å²) in [4.78, 5) is 13.3. The van der Waals surface area contributed by atoms with Gasteiger partial charge in [0.2, 0.25) is 5.91 Å². The molecule has 0 aromatic carbocycles. The van der Waals surface area contributed by atoms with Gasteiger partial charge in [0.1, 0.15) is 0 Å². The van der Waals surface area contributed by atoms with Crippen LogP contribution in [0.1, 0.15) is 39.5 Å². The molecule has 1 heterocycles. The molecule has 1 saturated heterocycles. The zero-order chi connectivity index (χ0) is 9.84. The van der Waals surface area contributed by atoms with E-state index in [4.69, 9.17) is 5.11 Å². The number of carbonyl (C=O) groups excluding carboxylic acids is 1. The van der Waals surface area contributed by atoms with E-state index in [1.54, 1.807) is 6.92 Å². The predicted molar refractivity (Wildman–Crippen MR) is 51.3 cm³/mol. The summed E-state index contributed by atoms with van der Waals surface area (Å²) in [6.45, 7) is 4.75. The standard InChI is InChI=1S/C10H19NO2/c1-8(5-6-9(2)12)11-7-3-4-10(11)13/h8-9,12H,3-7H2,1-2H3. The summed E-state index contributed by atoms with van der Waals surface area (Å²) in [6, 6.07) is 0.296. The Morgan fingerprint density at radius 3 is 2.62 bits per heavy atom. The number of hydrogen-bond acceptors (Lipinski definition) is 2. The van der Waals surface area contributed by atoms with Crippen LogP contribution in [0.5, 0.6) is 0 Å². The predicted octanol–water partition coefficient (Wildman–Crippen LogP) is 1.16. The number of aliphatic hydroxyl groups excluding tert-OH is 1. The van der Waals surface area contributed by atoms with Crippen LogP contribution in [0.25, 0.3) is 0 Å². The second kappa shape index (κ2) is 4.61. The van der Waals surface area contributed by atoms with E-state index >= 15 is 0 Å². The van der Waals surface area contributed by atoms with Crippen LogP contribution in [0.4, 0.5) is 0 Å². The van der Waals surface area contributed by atoms with Crippen LogP contribution in [-0.2, 0) is 4.79 Å². The van der Waals surface area contributed by atoms with Gasteiger partial charge in [0.05, 0.1) is 6.10 Å². The Hall–Kier alpha value is -0.570. The van der Waals surface area contributed by atoms with Crippen molar-refractivity contribution in [1.82, 2.24) is 4.90 Å². The van der Waals surface area contributed by atoms with E-state index in [-0.39, 0.29) is 12.0 Å². The van der Waals surface area contributed by atoms with Crippen molar-refractivity contribution in [2.24, 2.45) is 0 Å². The maximum absolute atomic E-state index is 11.3.